The van der Waals surface area contributed by atoms with Crippen molar-refractivity contribution in [2.45, 2.75) is 34.6 Å². The molecule has 0 amide bonds. The van der Waals surface area contributed by atoms with Crippen molar-refractivity contribution in [2.75, 3.05) is 0 Å². The third-order valence-electron chi connectivity index (χ3n) is 1.23. The highest BCUT2D eigenvalue weighted by molar-refractivity contribution is 5.93. The molecule has 0 N–H and O–H groups in total. The summed E-state index contributed by atoms with van der Waals surface area (Å²) in [5, 5.41) is 0. The highest BCUT2D eigenvalue weighted by atomic mass is 16.1. The summed E-state index contributed by atoms with van der Waals surface area (Å²) >= 11 is 0. The molecule has 0 saturated heterocycles. The first-order valence-corrected chi connectivity index (χ1v) is 3.78. The second-order valence-electron chi connectivity index (χ2n) is 3.90. The van der Waals surface area contributed by atoms with Crippen LogP contribution in [0.15, 0.2) is 17.4 Å². The summed E-state index contributed by atoms with van der Waals surface area (Å²) in [5.41, 5.74) is 3.65. The Labute approximate surface area is 68.8 Å². The van der Waals surface area contributed by atoms with Gasteiger partial charge in [0.25, 0.3) is 0 Å². The Bertz CT molecular complexity index is 206. The minimum Gasteiger partial charge on any atom is -0.294 e. The normalized spacial score (nSPS) is 10.3. The molecule has 0 atom stereocenters. The van der Waals surface area contributed by atoms with E-state index in [0.717, 1.165) is 5.57 Å². The SMILES string of the molecule is CC(C)=C=CC(=O)C(C)(C)C. The quantitative estimate of drug-likeness (QED) is 0.417. The molecule has 0 spiro atoms. The molecule has 0 rings (SSSR count). The summed E-state index contributed by atoms with van der Waals surface area (Å²) in [5.74, 6) is 0.124. The van der Waals surface area contributed by atoms with Gasteiger partial charge in [-0.3, -0.25) is 4.79 Å². The van der Waals surface area contributed by atoms with Crippen LogP contribution < -0.4 is 0 Å². The second kappa shape index (κ2) is 3.54. The number of allylic oxidation sites excluding steroid dienone is 1. The number of rotatable bonds is 1. The van der Waals surface area contributed by atoms with Crippen molar-refractivity contribution in [3.63, 3.8) is 0 Å². The van der Waals surface area contributed by atoms with E-state index in [9.17, 15) is 4.79 Å². The zero-order valence-corrected chi connectivity index (χ0v) is 7.99. The van der Waals surface area contributed by atoms with Gasteiger partial charge in [-0.1, -0.05) is 20.8 Å². The maximum atomic E-state index is 11.2. The molecule has 62 valence electrons. The molecule has 0 aromatic carbocycles. The van der Waals surface area contributed by atoms with Gasteiger partial charge < -0.3 is 0 Å². The smallest absolute Gasteiger partial charge is 0.168 e. The molecule has 1 heteroatoms. The van der Waals surface area contributed by atoms with Crippen LogP contribution in [0.25, 0.3) is 0 Å². The van der Waals surface area contributed by atoms with E-state index < -0.39 is 0 Å². The van der Waals surface area contributed by atoms with Crippen molar-refractivity contribution < 1.29 is 4.79 Å². The van der Waals surface area contributed by atoms with Crippen molar-refractivity contribution in [1.82, 2.24) is 0 Å². The fourth-order valence-electron chi connectivity index (χ4n) is 0.426. The van der Waals surface area contributed by atoms with E-state index in [4.69, 9.17) is 0 Å². The third-order valence-corrected chi connectivity index (χ3v) is 1.23. The maximum absolute atomic E-state index is 11.2. The molecule has 0 radical (unpaired) electrons. The van der Waals surface area contributed by atoms with Crippen LogP contribution in [0.2, 0.25) is 0 Å². The predicted molar refractivity (Wildman–Crippen MR) is 47.4 cm³/mol. The van der Waals surface area contributed by atoms with E-state index in [1.54, 1.807) is 0 Å². The Hall–Kier alpha value is -0.810. The van der Waals surface area contributed by atoms with Crippen molar-refractivity contribution in [3.8, 4) is 0 Å². The van der Waals surface area contributed by atoms with E-state index in [0.29, 0.717) is 0 Å². The number of hydrogen-bond acceptors (Lipinski definition) is 1. The van der Waals surface area contributed by atoms with Gasteiger partial charge in [-0.05, 0) is 19.4 Å². The van der Waals surface area contributed by atoms with Gasteiger partial charge in [-0.15, -0.1) is 5.73 Å². The van der Waals surface area contributed by atoms with Gasteiger partial charge in [0.2, 0.25) is 0 Å². The standard InChI is InChI=1S/C10H16O/c1-8(2)6-7-9(11)10(3,4)5/h7H,1-5H3. The number of hydrogen-bond donors (Lipinski definition) is 0. The van der Waals surface area contributed by atoms with Crippen LogP contribution in [0.1, 0.15) is 34.6 Å². The van der Waals surface area contributed by atoms with Gasteiger partial charge in [0.05, 0.1) is 0 Å². The molecule has 0 aliphatic heterocycles. The molecule has 0 aliphatic rings. The zero-order valence-electron chi connectivity index (χ0n) is 7.99. The third kappa shape index (κ3) is 4.58. The van der Waals surface area contributed by atoms with E-state index in [-0.39, 0.29) is 11.2 Å². The molecule has 0 aliphatic carbocycles. The molecule has 0 unspecified atom stereocenters. The summed E-state index contributed by atoms with van der Waals surface area (Å²) in [6.45, 7) is 9.55. The summed E-state index contributed by atoms with van der Waals surface area (Å²) in [4.78, 5) is 11.2. The molecular weight excluding hydrogens is 136 g/mol. The van der Waals surface area contributed by atoms with E-state index in [1.165, 1.54) is 6.08 Å². The van der Waals surface area contributed by atoms with Crippen LogP contribution in [-0.4, -0.2) is 5.78 Å². The first-order valence-electron chi connectivity index (χ1n) is 3.78. The van der Waals surface area contributed by atoms with Crippen molar-refractivity contribution in [1.29, 1.82) is 0 Å². The van der Waals surface area contributed by atoms with Gasteiger partial charge in [-0.2, -0.15) is 0 Å². The van der Waals surface area contributed by atoms with E-state index in [1.807, 2.05) is 34.6 Å². The van der Waals surface area contributed by atoms with Gasteiger partial charge in [0, 0.05) is 11.5 Å². The number of carbonyl (C=O) groups is 1. The van der Waals surface area contributed by atoms with Gasteiger partial charge in [-0.25, -0.2) is 0 Å². The molecule has 11 heavy (non-hydrogen) atoms. The highest BCUT2D eigenvalue weighted by Crippen LogP contribution is 2.14. The molecule has 0 aromatic rings. The predicted octanol–water partition coefficient (Wildman–Crippen LogP) is 2.72. The summed E-state index contributed by atoms with van der Waals surface area (Å²) in [6, 6.07) is 0. The Morgan fingerprint density at radius 3 is 2.00 bits per heavy atom. The van der Waals surface area contributed by atoms with Crippen LogP contribution in [0.3, 0.4) is 0 Å². The van der Waals surface area contributed by atoms with E-state index >= 15 is 0 Å². The van der Waals surface area contributed by atoms with Crippen molar-refractivity contribution >= 4 is 5.78 Å². The summed E-state index contributed by atoms with van der Waals surface area (Å²) < 4.78 is 0. The van der Waals surface area contributed by atoms with Gasteiger partial charge >= 0.3 is 0 Å². The second-order valence-corrected chi connectivity index (χ2v) is 3.90. The molecule has 0 saturated carbocycles. The lowest BCUT2D eigenvalue weighted by Gasteiger charge is -2.11. The fraction of sp³-hybridized carbons (Fsp3) is 0.600. The lowest BCUT2D eigenvalue weighted by atomic mass is 9.91. The molecule has 0 bridgehead atoms. The Morgan fingerprint density at radius 1 is 1.27 bits per heavy atom. The summed E-state index contributed by atoms with van der Waals surface area (Å²) in [6.07, 6.45) is 1.52. The molecule has 0 aromatic heterocycles. The first-order chi connectivity index (χ1) is 4.84. The number of carbonyl (C=O) groups excluding carboxylic acids is 1. The average molecular weight is 152 g/mol. The maximum Gasteiger partial charge on any atom is 0.168 e. The largest absolute Gasteiger partial charge is 0.294 e. The van der Waals surface area contributed by atoms with E-state index in [2.05, 4.69) is 5.73 Å². The Balaban J connectivity index is 4.45. The highest BCUT2D eigenvalue weighted by Gasteiger charge is 2.17. The van der Waals surface area contributed by atoms with Crippen LogP contribution in [0, 0.1) is 5.41 Å². The van der Waals surface area contributed by atoms with Gasteiger partial charge in [0.15, 0.2) is 5.78 Å². The fourth-order valence-corrected chi connectivity index (χ4v) is 0.426. The molecular formula is C10H16O. The van der Waals surface area contributed by atoms with Crippen molar-refractivity contribution in [2.24, 2.45) is 5.41 Å². The molecule has 1 nitrogen and oxygen atoms in total. The molecule has 0 fully saturated rings. The van der Waals surface area contributed by atoms with Crippen LogP contribution >= 0.6 is 0 Å². The van der Waals surface area contributed by atoms with Gasteiger partial charge in [0.1, 0.15) is 0 Å². The first kappa shape index (κ1) is 10.2. The topological polar surface area (TPSA) is 17.1 Å². The minimum absolute atomic E-state index is 0.124. The van der Waals surface area contributed by atoms with Crippen LogP contribution in [-0.2, 0) is 4.79 Å². The lowest BCUT2D eigenvalue weighted by molar-refractivity contribution is -0.121. The van der Waals surface area contributed by atoms with Crippen LogP contribution in [0.4, 0.5) is 0 Å². The Kier molecular flexibility index (Phi) is 3.28. The zero-order chi connectivity index (χ0) is 9.07. The lowest BCUT2D eigenvalue weighted by Crippen LogP contribution is -2.16. The van der Waals surface area contributed by atoms with Crippen LogP contribution in [0.5, 0.6) is 0 Å². The Morgan fingerprint density at radius 2 is 1.73 bits per heavy atom. The summed E-state index contributed by atoms with van der Waals surface area (Å²) in [7, 11) is 0. The van der Waals surface area contributed by atoms with Crippen molar-refractivity contribution in [3.05, 3.63) is 17.4 Å². The molecule has 0 heterocycles. The monoisotopic (exact) mass is 152 g/mol. The average Bonchev–Trinajstić information content (AvgIpc) is 1.80. The minimum atomic E-state index is -0.275. The number of ketones is 1.